The first-order valence-corrected chi connectivity index (χ1v) is 6.29. The van der Waals surface area contributed by atoms with Crippen molar-refractivity contribution in [2.45, 2.75) is 0 Å². The molecule has 0 fully saturated rings. The molecule has 0 saturated heterocycles. The minimum atomic E-state index is -0.133. The van der Waals surface area contributed by atoms with Gasteiger partial charge in [0.25, 0.3) is 5.91 Å². The quantitative estimate of drug-likeness (QED) is 0.602. The molecule has 0 aliphatic heterocycles. The largest absolute Gasteiger partial charge is 0.496 e. The highest BCUT2D eigenvalue weighted by molar-refractivity contribution is 7.98. The minimum absolute atomic E-state index is 0.133. The molecule has 1 amide bonds. The van der Waals surface area contributed by atoms with Crippen molar-refractivity contribution in [3.8, 4) is 5.75 Å². The fourth-order valence-corrected chi connectivity index (χ4v) is 1.56. The van der Waals surface area contributed by atoms with E-state index in [1.165, 1.54) is 7.11 Å². The van der Waals surface area contributed by atoms with Crippen LogP contribution in [0, 0.1) is 0 Å². The van der Waals surface area contributed by atoms with Crippen LogP contribution >= 0.6 is 11.8 Å². The third-order valence-electron chi connectivity index (χ3n) is 2.06. The maximum Gasteiger partial charge on any atom is 0.255 e. The summed E-state index contributed by atoms with van der Waals surface area (Å²) in [5, 5.41) is 2.81. The van der Waals surface area contributed by atoms with Crippen molar-refractivity contribution >= 4 is 23.4 Å². The number of benzene rings is 1. The van der Waals surface area contributed by atoms with E-state index in [1.807, 2.05) is 6.26 Å². The number of hydrogen-bond donors (Lipinski definition) is 2. The molecule has 1 aromatic rings. The summed E-state index contributed by atoms with van der Waals surface area (Å²) < 4.78 is 5.11. The summed E-state index contributed by atoms with van der Waals surface area (Å²) in [5.74, 6) is 1.26. The van der Waals surface area contributed by atoms with Gasteiger partial charge in [-0.05, 0) is 18.4 Å². The molecule has 1 aromatic carbocycles. The van der Waals surface area contributed by atoms with Gasteiger partial charge in [0.1, 0.15) is 5.75 Å². The van der Waals surface area contributed by atoms with Crippen molar-refractivity contribution in [2.75, 3.05) is 31.4 Å². The Bertz CT molecular complexity index is 369. The van der Waals surface area contributed by atoms with Crippen LogP contribution in [-0.2, 0) is 0 Å². The standard InChI is InChI=1S/C11H16N2O2S/c1-15-10-7-8(12)3-4-9(10)11(14)13-5-6-16-2/h3-4,7H,5-6,12H2,1-2H3,(H,13,14). The molecule has 0 heterocycles. The van der Waals surface area contributed by atoms with E-state index < -0.39 is 0 Å². The normalized spacial score (nSPS) is 9.88. The van der Waals surface area contributed by atoms with Gasteiger partial charge in [-0.15, -0.1) is 0 Å². The number of nitrogens with two attached hydrogens (primary N) is 1. The van der Waals surface area contributed by atoms with E-state index in [-0.39, 0.29) is 5.91 Å². The summed E-state index contributed by atoms with van der Waals surface area (Å²) >= 11 is 1.69. The number of ether oxygens (including phenoxy) is 1. The number of carbonyl (C=O) groups excluding carboxylic acids is 1. The average molecular weight is 240 g/mol. The summed E-state index contributed by atoms with van der Waals surface area (Å²) in [5.41, 5.74) is 6.70. The Labute approximate surface area is 99.5 Å². The first-order chi connectivity index (χ1) is 7.69. The Balaban J connectivity index is 2.74. The number of rotatable bonds is 5. The second kappa shape index (κ2) is 6.27. The van der Waals surface area contributed by atoms with E-state index in [2.05, 4.69) is 5.32 Å². The molecule has 0 saturated carbocycles. The van der Waals surface area contributed by atoms with Gasteiger partial charge < -0.3 is 15.8 Å². The second-order valence-electron chi connectivity index (χ2n) is 3.21. The fraction of sp³-hybridized carbons (Fsp3) is 0.364. The molecule has 88 valence electrons. The van der Waals surface area contributed by atoms with Gasteiger partial charge in [0.05, 0.1) is 12.7 Å². The molecule has 4 nitrogen and oxygen atoms in total. The van der Waals surface area contributed by atoms with Crippen molar-refractivity contribution in [3.05, 3.63) is 23.8 Å². The molecule has 0 bridgehead atoms. The van der Waals surface area contributed by atoms with E-state index in [9.17, 15) is 4.79 Å². The SMILES string of the molecule is COc1cc(N)ccc1C(=O)NCCSC. The Hall–Kier alpha value is -1.36. The highest BCUT2D eigenvalue weighted by atomic mass is 32.2. The monoisotopic (exact) mass is 240 g/mol. The molecule has 3 N–H and O–H groups in total. The number of amides is 1. The van der Waals surface area contributed by atoms with E-state index in [1.54, 1.807) is 30.0 Å². The fourth-order valence-electron chi connectivity index (χ4n) is 1.26. The van der Waals surface area contributed by atoms with Gasteiger partial charge in [-0.25, -0.2) is 0 Å². The van der Waals surface area contributed by atoms with Crippen molar-refractivity contribution < 1.29 is 9.53 Å². The maximum absolute atomic E-state index is 11.8. The van der Waals surface area contributed by atoms with Crippen molar-refractivity contribution in [2.24, 2.45) is 0 Å². The predicted molar refractivity (Wildman–Crippen MR) is 68.1 cm³/mol. The van der Waals surface area contributed by atoms with Gasteiger partial charge in [-0.2, -0.15) is 11.8 Å². The Morgan fingerprint density at radius 1 is 1.56 bits per heavy atom. The van der Waals surface area contributed by atoms with Crippen LogP contribution in [0.4, 0.5) is 5.69 Å². The van der Waals surface area contributed by atoms with E-state index >= 15 is 0 Å². The Morgan fingerprint density at radius 2 is 2.31 bits per heavy atom. The zero-order valence-corrected chi connectivity index (χ0v) is 10.3. The molecule has 0 atom stereocenters. The number of methoxy groups -OCH3 is 1. The zero-order chi connectivity index (χ0) is 12.0. The number of thioether (sulfide) groups is 1. The first-order valence-electron chi connectivity index (χ1n) is 4.89. The average Bonchev–Trinajstić information content (AvgIpc) is 2.29. The van der Waals surface area contributed by atoms with Crippen LogP contribution in [0.5, 0.6) is 5.75 Å². The Kier molecular flexibility index (Phi) is 4.98. The van der Waals surface area contributed by atoms with E-state index in [4.69, 9.17) is 10.5 Å². The lowest BCUT2D eigenvalue weighted by atomic mass is 10.1. The van der Waals surface area contributed by atoms with Gasteiger partial charge in [0.2, 0.25) is 0 Å². The number of hydrogen-bond acceptors (Lipinski definition) is 4. The summed E-state index contributed by atoms with van der Waals surface area (Å²) in [6.07, 6.45) is 2.00. The number of nitrogens with one attached hydrogen (secondary N) is 1. The van der Waals surface area contributed by atoms with E-state index in [0.717, 1.165) is 5.75 Å². The number of carbonyl (C=O) groups is 1. The zero-order valence-electron chi connectivity index (χ0n) is 9.45. The maximum atomic E-state index is 11.8. The molecular formula is C11H16N2O2S. The minimum Gasteiger partial charge on any atom is -0.496 e. The molecule has 0 spiro atoms. The molecule has 0 aromatic heterocycles. The van der Waals surface area contributed by atoms with Crippen LogP contribution in [0.3, 0.4) is 0 Å². The van der Waals surface area contributed by atoms with Gasteiger partial charge in [-0.3, -0.25) is 4.79 Å². The number of anilines is 1. The molecule has 0 radical (unpaired) electrons. The summed E-state index contributed by atoms with van der Waals surface area (Å²) in [6.45, 7) is 0.646. The summed E-state index contributed by atoms with van der Waals surface area (Å²) in [7, 11) is 1.52. The molecule has 16 heavy (non-hydrogen) atoms. The summed E-state index contributed by atoms with van der Waals surface area (Å²) in [4.78, 5) is 11.8. The van der Waals surface area contributed by atoms with Gasteiger partial charge >= 0.3 is 0 Å². The molecule has 0 aliphatic carbocycles. The molecular weight excluding hydrogens is 224 g/mol. The van der Waals surface area contributed by atoms with Crippen molar-refractivity contribution in [1.82, 2.24) is 5.32 Å². The van der Waals surface area contributed by atoms with Crippen LogP contribution < -0.4 is 15.8 Å². The molecule has 0 aliphatic rings. The van der Waals surface area contributed by atoms with Crippen LogP contribution in [0.15, 0.2) is 18.2 Å². The van der Waals surface area contributed by atoms with Gasteiger partial charge in [-0.1, -0.05) is 0 Å². The summed E-state index contributed by atoms with van der Waals surface area (Å²) in [6, 6.07) is 5.00. The van der Waals surface area contributed by atoms with Crippen molar-refractivity contribution in [3.63, 3.8) is 0 Å². The van der Waals surface area contributed by atoms with Gasteiger partial charge in [0.15, 0.2) is 0 Å². The topological polar surface area (TPSA) is 64.3 Å². The second-order valence-corrected chi connectivity index (χ2v) is 4.19. The first kappa shape index (κ1) is 12.7. The highest BCUT2D eigenvalue weighted by Gasteiger charge is 2.11. The van der Waals surface area contributed by atoms with Gasteiger partial charge in [0, 0.05) is 24.1 Å². The lowest BCUT2D eigenvalue weighted by Gasteiger charge is -2.09. The third kappa shape index (κ3) is 3.34. The van der Waals surface area contributed by atoms with Crippen LogP contribution in [0.2, 0.25) is 0 Å². The number of nitrogen functional groups attached to an aromatic ring is 1. The lowest BCUT2D eigenvalue weighted by Crippen LogP contribution is -2.26. The highest BCUT2D eigenvalue weighted by Crippen LogP contribution is 2.21. The van der Waals surface area contributed by atoms with Crippen LogP contribution in [0.1, 0.15) is 10.4 Å². The Morgan fingerprint density at radius 3 is 2.94 bits per heavy atom. The smallest absolute Gasteiger partial charge is 0.255 e. The third-order valence-corrected chi connectivity index (χ3v) is 2.67. The molecule has 0 unspecified atom stereocenters. The van der Waals surface area contributed by atoms with Crippen LogP contribution in [-0.4, -0.2) is 31.6 Å². The van der Waals surface area contributed by atoms with E-state index in [0.29, 0.717) is 23.5 Å². The predicted octanol–water partition coefficient (Wildman–Crippen LogP) is 1.37. The lowest BCUT2D eigenvalue weighted by molar-refractivity contribution is 0.0953. The molecule has 5 heteroatoms. The molecule has 1 rings (SSSR count). The van der Waals surface area contributed by atoms with Crippen molar-refractivity contribution in [1.29, 1.82) is 0 Å². The van der Waals surface area contributed by atoms with Crippen LogP contribution in [0.25, 0.3) is 0 Å².